The maximum absolute atomic E-state index is 11.0. The van der Waals surface area contributed by atoms with E-state index in [1.807, 2.05) is 17.7 Å². The Balaban J connectivity index is 2.09. The Kier molecular flexibility index (Phi) is 2.82. The number of carboxylic acid groups (broad SMARTS) is 1. The summed E-state index contributed by atoms with van der Waals surface area (Å²) in [6.07, 6.45) is 1.52. The van der Waals surface area contributed by atoms with E-state index < -0.39 is 6.09 Å². The van der Waals surface area contributed by atoms with E-state index in [0.29, 0.717) is 19.5 Å². The molecule has 2 atom stereocenters. The second-order valence-electron chi connectivity index (χ2n) is 4.24. The lowest BCUT2D eigenvalue weighted by Crippen LogP contribution is -2.38. The van der Waals surface area contributed by atoms with E-state index in [4.69, 9.17) is 10.8 Å². The summed E-state index contributed by atoms with van der Waals surface area (Å²) < 4.78 is 1.82. The smallest absolute Gasteiger partial charge is 0.407 e. The monoisotopic (exact) mass is 224 g/mol. The van der Waals surface area contributed by atoms with E-state index in [0.717, 1.165) is 5.69 Å². The number of nitrogens with zero attached hydrogens (tertiary/aromatic N) is 3. The fourth-order valence-corrected chi connectivity index (χ4v) is 2.15. The van der Waals surface area contributed by atoms with E-state index in [9.17, 15) is 4.79 Å². The van der Waals surface area contributed by atoms with Gasteiger partial charge in [-0.1, -0.05) is 0 Å². The summed E-state index contributed by atoms with van der Waals surface area (Å²) in [5.41, 5.74) is 6.82. The molecule has 1 amide bonds. The van der Waals surface area contributed by atoms with Crippen LogP contribution in [0.5, 0.6) is 0 Å². The van der Waals surface area contributed by atoms with E-state index in [1.165, 1.54) is 4.90 Å². The fourth-order valence-electron chi connectivity index (χ4n) is 2.15. The predicted molar refractivity (Wildman–Crippen MR) is 58.1 cm³/mol. The Bertz CT molecular complexity index is 390. The normalized spacial score (nSPS) is 25.0. The average Bonchev–Trinajstić information content (AvgIpc) is 2.75. The molecule has 3 N–H and O–H groups in total. The minimum Gasteiger partial charge on any atom is -0.465 e. The molecule has 1 aromatic heterocycles. The van der Waals surface area contributed by atoms with Crippen LogP contribution in [-0.4, -0.2) is 44.5 Å². The number of aromatic nitrogens is 2. The number of rotatable bonds is 2. The van der Waals surface area contributed by atoms with Crippen LogP contribution >= 0.6 is 0 Å². The molecule has 2 rings (SSSR count). The molecule has 6 heteroatoms. The zero-order valence-electron chi connectivity index (χ0n) is 9.21. The van der Waals surface area contributed by atoms with Crippen molar-refractivity contribution in [2.24, 2.45) is 5.73 Å². The fraction of sp³-hybridized carbons (Fsp3) is 0.600. The van der Waals surface area contributed by atoms with Gasteiger partial charge in [-0.15, -0.1) is 0 Å². The van der Waals surface area contributed by atoms with Crippen molar-refractivity contribution in [3.8, 4) is 0 Å². The first-order chi connectivity index (χ1) is 7.58. The summed E-state index contributed by atoms with van der Waals surface area (Å²) in [5, 5.41) is 13.2. The molecule has 1 fully saturated rings. The highest BCUT2D eigenvalue weighted by molar-refractivity contribution is 5.66. The SMILES string of the molecule is Cc1ccnn1C[C@@H]1C[C@@H](N)CN1C(=O)O. The van der Waals surface area contributed by atoms with Crippen molar-refractivity contribution in [3.63, 3.8) is 0 Å². The first-order valence-electron chi connectivity index (χ1n) is 5.31. The second kappa shape index (κ2) is 4.13. The van der Waals surface area contributed by atoms with Crippen LogP contribution < -0.4 is 5.73 Å². The molecule has 0 unspecified atom stereocenters. The molecule has 2 heterocycles. The van der Waals surface area contributed by atoms with Crippen LogP contribution in [0.3, 0.4) is 0 Å². The van der Waals surface area contributed by atoms with Gasteiger partial charge in [-0.05, 0) is 19.4 Å². The number of nitrogens with two attached hydrogens (primary N) is 1. The Labute approximate surface area is 93.6 Å². The van der Waals surface area contributed by atoms with Crippen LogP contribution in [0.2, 0.25) is 0 Å². The minimum atomic E-state index is -0.900. The number of amides is 1. The van der Waals surface area contributed by atoms with Crippen molar-refractivity contribution in [1.82, 2.24) is 14.7 Å². The third-order valence-corrected chi connectivity index (χ3v) is 3.01. The Morgan fingerprint density at radius 1 is 1.75 bits per heavy atom. The highest BCUT2D eigenvalue weighted by atomic mass is 16.4. The molecule has 1 saturated heterocycles. The van der Waals surface area contributed by atoms with Crippen LogP contribution in [0, 0.1) is 6.92 Å². The van der Waals surface area contributed by atoms with Gasteiger partial charge >= 0.3 is 6.09 Å². The number of hydrogen-bond donors (Lipinski definition) is 2. The highest BCUT2D eigenvalue weighted by Crippen LogP contribution is 2.18. The lowest BCUT2D eigenvalue weighted by Gasteiger charge is -2.21. The molecule has 1 aromatic rings. The summed E-state index contributed by atoms with van der Waals surface area (Å²) in [5.74, 6) is 0. The van der Waals surface area contributed by atoms with Gasteiger partial charge in [-0.3, -0.25) is 4.68 Å². The summed E-state index contributed by atoms with van der Waals surface area (Å²) in [7, 11) is 0. The molecule has 88 valence electrons. The van der Waals surface area contributed by atoms with E-state index in [2.05, 4.69) is 5.10 Å². The van der Waals surface area contributed by atoms with Gasteiger partial charge in [0.2, 0.25) is 0 Å². The van der Waals surface area contributed by atoms with Crippen LogP contribution in [0.4, 0.5) is 4.79 Å². The van der Waals surface area contributed by atoms with Crippen LogP contribution in [0.15, 0.2) is 12.3 Å². The van der Waals surface area contributed by atoms with Crippen molar-refractivity contribution in [3.05, 3.63) is 18.0 Å². The Hall–Kier alpha value is -1.56. The second-order valence-corrected chi connectivity index (χ2v) is 4.24. The number of hydrogen-bond acceptors (Lipinski definition) is 3. The molecule has 1 aliphatic rings. The zero-order valence-corrected chi connectivity index (χ0v) is 9.21. The van der Waals surface area contributed by atoms with Gasteiger partial charge in [0.1, 0.15) is 0 Å². The molecule has 0 bridgehead atoms. The van der Waals surface area contributed by atoms with Gasteiger partial charge in [0.25, 0.3) is 0 Å². The minimum absolute atomic E-state index is 0.0584. The largest absolute Gasteiger partial charge is 0.465 e. The van der Waals surface area contributed by atoms with Gasteiger partial charge in [-0.25, -0.2) is 4.79 Å². The van der Waals surface area contributed by atoms with Crippen molar-refractivity contribution in [1.29, 1.82) is 0 Å². The molecule has 6 nitrogen and oxygen atoms in total. The molecule has 0 aliphatic carbocycles. The summed E-state index contributed by atoms with van der Waals surface area (Å²) in [4.78, 5) is 12.4. The first kappa shape index (κ1) is 10.9. The Morgan fingerprint density at radius 2 is 2.50 bits per heavy atom. The van der Waals surface area contributed by atoms with Gasteiger partial charge in [0.05, 0.1) is 12.6 Å². The van der Waals surface area contributed by atoms with Crippen molar-refractivity contribution < 1.29 is 9.90 Å². The number of likely N-dealkylation sites (tertiary alicyclic amines) is 1. The van der Waals surface area contributed by atoms with Crippen LogP contribution in [0.25, 0.3) is 0 Å². The molecular weight excluding hydrogens is 208 g/mol. The van der Waals surface area contributed by atoms with Gasteiger partial charge in [0, 0.05) is 24.5 Å². The molecule has 0 radical (unpaired) electrons. The topological polar surface area (TPSA) is 84.4 Å². The lowest BCUT2D eigenvalue weighted by atomic mass is 10.2. The molecule has 0 aromatic carbocycles. The van der Waals surface area contributed by atoms with Gasteiger partial charge in [-0.2, -0.15) is 5.10 Å². The van der Waals surface area contributed by atoms with Crippen molar-refractivity contribution >= 4 is 6.09 Å². The quantitative estimate of drug-likeness (QED) is 0.755. The van der Waals surface area contributed by atoms with Gasteiger partial charge < -0.3 is 15.7 Å². The third-order valence-electron chi connectivity index (χ3n) is 3.01. The van der Waals surface area contributed by atoms with Crippen LogP contribution in [0.1, 0.15) is 12.1 Å². The third kappa shape index (κ3) is 2.01. The molecule has 0 spiro atoms. The molecular formula is C10H16N4O2. The van der Waals surface area contributed by atoms with Crippen molar-refractivity contribution in [2.75, 3.05) is 6.54 Å². The van der Waals surface area contributed by atoms with E-state index in [1.54, 1.807) is 6.20 Å². The summed E-state index contributed by atoms with van der Waals surface area (Å²) in [6.45, 7) is 2.95. The number of aryl methyl sites for hydroxylation is 1. The first-order valence-corrected chi connectivity index (χ1v) is 5.31. The maximum Gasteiger partial charge on any atom is 0.407 e. The van der Waals surface area contributed by atoms with Crippen molar-refractivity contribution in [2.45, 2.75) is 32.0 Å². The number of carbonyl (C=O) groups is 1. The molecule has 0 saturated carbocycles. The van der Waals surface area contributed by atoms with Crippen LogP contribution in [-0.2, 0) is 6.54 Å². The van der Waals surface area contributed by atoms with Gasteiger partial charge in [0.15, 0.2) is 0 Å². The summed E-state index contributed by atoms with van der Waals surface area (Å²) in [6, 6.07) is 1.78. The lowest BCUT2D eigenvalue weighted by molar-refractivity contribution is 0.135. The maximum atomic E-state index is 11.0. The molecule has 16 heavy (non-hydrogen) atoms. The highest BCUT2D eigenvalue weighted by Gasteiger charge is 2.33. The van der Waals surface area contributed by atoms with E-state index in [-0.39, 0.29) is 12.1 Å². The average molecular weight is 224 g/mol. The zero-order chi connectivity index (χ0) is 11.7. The summed E-state index contributed by atoms with van der Waals surface area (Å²) >= 11 is 0. The van der Waals surface area contributed by atoms with E-state index >= 15 is 0 Å². The predicted octanol–water partition coefficient (Wildman–Crippen LogP) is 0.271. The Morgan fingerprint density at radius 3 is 3.06 bits per heavy atom. The molecule has 1 aliphatic heterocycles. The standard InChI is InChI=1S/C10H16N4O2/c1-7-2-3-12-14(7)6-9-4-8(11)5-13(9)10(15)16/h2-3,8-9H,4-6,11H2,1H3,(H,15,16)/t8-,9+/m1/s1.